The average Bonchev–Trinajstić information content (AvgIpc) is 2.61. The van der Waals surface area contributed by atoms with Crippen LogP contribution in [0.5, 0.6) is 0 Å². The van der Waals surface area contributed by atoms with Crippen molar-refractivity contribution in [2.24, 2.45) is 0 Å². The van der Waals surface area contributed by atoms with Gasteiger partial charge in [-0.2, -0.15) is 0 Å². The van der Waals surface area contributed by atoms with Crippen LogP contribution in [0.2, 0.25) is 0 Å². The fourth-order valence-electron chi connectivity index (χ4n) is 1.72. The molecule has 2 aromatic rings. The molecule has 0 spiro atoms. The summed E-state index contributed by atoms with van der Waals surface area (Å²) in [7, 11) is 2.48. The highest BCUT2D eigenvalue weighted by Gasteiger charge is 2.18. The molecule has 0 amide bonds. The molecule has 8 heteroatoms. The molecular weight excluding hydrogens is 348 g/mol. The van der Waals surface area contributed by atoms with Crippen molar-refractivity contribution in [1.82, 2.24) is 9.97 Å². The molecule has 0 bridgehead atoms. The second-order valence-corrected chi connectivity index (χ2v) is 6.43. The Labute approximate surface area is 147 Å². The Balaban J connectivity index is 2.18. The Morgan fingerprint density at radius 1 is 0.875 bits per heavy atom. The second kappa shape index (κ2) is 9.29. The fraction of sp³-hybridized carbons (Fsp3) is 0.250. The zero-order valence-electron chi connectivity index (χ0n) is 13.2. The summed E-state index contributed by atoms with van der Waals surface area (Å²) >= 11 is 0. The number of nitrogens with zero attached hydrogens (tertiary/aromatic N) is 2. The van der Waals surface area contributed by atoms with Crippen LogP contribution in [-0.4, -0.2) is 35.1 Å². The first-order valence-corrected chi connectivity index (χ1v) is 9.41. The van der Waals surface area contributed by atoms with Gasteiger partial charge in [0.2, 0.25) is 0 Å². The smallest absolute Gasteiger partial charge is 0.340 e. The van der Waals surface area contributed by atoms with E-state index >= 15 is 0 Å². The maximum Gasteiger partial charge on any atom is 0.340 e. The molecule has 2 rings (SSSR count). The minimum absolute atomic E-state index is 0.290. The van der Waals surface area contributed by atoms with E-state index in [1.165, 1.54) is 21.6 Å². The van der Waals surface area contributed by atoms with Crippen LogP contribution in [0.15, 0.2) is 46.7 Å². The van der Waals surface area contributed by atoms with Crippen molar-refractivity contribution in [2.75, 3.05) is 13.2 Å². The summed E-state index contributed by atoms with van der Waals surface area (Å²) in [4.78, 5) is 32.3. The molecule has 0 aromatic carbocycles. The van der Waals surface area contributed by atoms with E-state index < -0.39 is 11.9 Å². The van der Waals surface area contributed by atoms with Crippen molar-refractivity contribution >= 4 is 33.5 Å². The number of ether oxygens (including phenoxy) is 2. The molecule has 0 saturated heterocycles. The number of esters is 2. The average molecular weight is 364 g/mol. The molecule has 0 radical (unpaired) electrons. The molecule has 24 heavy (non-hydrogen) atoms. The van der Waals surface area contributed by atoms with E-state index in [-0.39, 0.29) is 13.2 Å². The standard InChI is InChI=1S/C16H16N2O4S2/c1-3-21-15(19)11-7-5-9-17-13(11)23-24-14-12(8-6-10-18-14)16(20)22-4-2/h5-10H,3-4H2,1-2H3. The fourth-order valence-corrected chi connectivity index (χ4v) is 3.84. The Morgan fingerprint density at radius 2 is 1.29 bits per heavy atom. The maximum atomic E-state index is 12.0. The third kappa shape index (κ3) is 4.72. The molecule has 126 valence electrons. The lowest BCUT2D eigenvalue weighted by molar-refractivity contribution is 0.0511. The van der Waals surface area contributed by atoms with Crippen molar-refractivity contribution < 1.29 is 19.1 Å². The van der Waals surface area contributed by atoms with Gasteiger partial charge in [-0.15, -0.1) is 0 Å². The van der Waals surface area contributed by atoms with Gasteiger partial charge < -0.3 is 9.47 Å². The van der Waals surface area contributed by atoms with Crippen LogP contribution in [0.4, 0.5) is 0 Å². The van der Waals surface area contributed by atoms with E-state index in [1.807, 2.05) is 0 Å². The van der Waals surface area contributed by atoms with Gasteiger partial charge in [-0.05, 0) is 59.7 Å². The van der Waals surface area contributed by atoms with Crippen LogP contribution < -0.4 is 0 Å². The Hall–Kier alpha value is -2.06. The third-order valence-corrected chi connectivity index (χ3v) is 4.98. The highest BCUT2D eigenvalue weighted by Crippen LogP contribution is 2.38. The van der Waals surface area contributed by atoms with Crippen molar-refractivity contribution in [3.8, 4) is 0 Å². The van der Waals surface area contributed by atoms with E-state index in [0.717, 1.165) is 0 Å². The lowest BCUT2D eigenvalue weighted by Gasteiger charge is -2.08. The minimum atomic E-state index is -0.430. The van der Waals surface area contributed by atoms with Gasteiger partial charge in [-0.25, -0.2) is 19.6 Å². The molecule has 0 saturated carbocycles. The van der Waals surface area contributed by atoms with Crippen molar-refractivity contribution in [3.63, 3.8) is 0 Å². The summed E-state index contributed by atoms with van der Waals surface area (Å²) in [6.45, 7) is 4.07. The molecule has 2 aromatic heterocycles. The van der Waals surface area contributed by atoms with Crippen LogP contribution in [0.3, 0.4) is 0 Å². The second-order valence-electron chi connectivity index (χ2n) is 4.32. The molecule has 6 nitrogen and oxygen atoms in total. The van der Waals surface area contributed by atoms with Crippen molar-refractivity contribution in [3.05, 3.63) is 47.8 Å². The van der Waals surface area contributed by atoms with Crippen LogP contribution >= 0.6 is 21.6 Å². The number of hydrogen-bond donors (Lipinski definition) is 0. The highest BCUT2D eigenvalue weighted by molar-refractivity contribution is 8.76. The molecular formula is C16H16N2O4S2. The first-order chi connectivity index (χ1) is 11.7. The van der Waals surface area contributed by atoms with Gasteiger partial charge in [0.15, 0.2) is 0 Å². The number of hydrogen-bond acceptors (Lipinski definition) is 8. The molecule has 0 N–H and O–H groups in total. The van der Waals surface area contributed by atoms with E-state index in [1.54, 1.807) is 50.5 Å². The quantitative estimate of drug-likeness (QED) is 0.544. The van der Waals surface area contributed by atoms with Gasteiger partial charge in [0, 0.05) is 12.4 Å². The van der Waals surface area contributed by atoms with Gasteiger partial charge >= 0.3 is 11.9 Å². The van der Waals surface area contributed by atoms with Gasteiger partial charge in [0.25, 0.3) is 0 Å². The first-order valence-electron chi connectivity index (χ1n) is 7.26. The highest BCUT2D eigenvalue weighted by atomic mass is 33.1. The molecule has 0 aliphatic rings. The molecule has 0 aliphatic carbocycles. The van der Waals surface area contributed by atoms with Crippen LogP contribution in [0.1, 0.15) is 34.6 Å². The monoisotopic (exact) mass is 364 g/mol. The van der Waals surface area contributed by atoms with Gasteiger partial charge in [-0.1, -0.05) is 0 Å². The summed E-state index contributed by atoms with van der Waals surface area (Å²) in [5.74, 6) is -0.860. The number of carbonyl (C=O) groups is 2. The Morgan fingerprint density at radius 3 is 1.67 bits per heavy atom. The van der Waals surface area contributed by atoms with Gasteiger partial charge in [0.1, 0.15) is 10.1 Å². The van der Waals surface area contributed by atoms with E-state index in [4.69, 9.17) is 9.47 Å². The van der Waals surface area contributed by atoms with E-state index in [0.29, 0.717) is 21.2 Å². The topological polar surface area (TPSA) is 78.4 Å². The first kappa shape index (κ1) is 18.3. The maximum absolute atomic E-state index is 12.0. The van der Waals surface area contributed by atoms with Gasteiger partial charge in [0.05, 0.1) is 24.3 Å². The number of carbonyl (C=O) groups excluding carboxylic acids is 2. The number of pyridine rings is 2. The summed E-state index contributed by atoms with van der Waals surface area (Å²) < 4.78 is 10.0. The minimum Gasteiger partial charge on any atom is -0.462 e. The lowest BCUT2D eigenvalue weighted by atomic mass is 10.3. The predicted octanol–water partition coefficient (Wildman–Crippen LogP) is 3.63. The SMILES string of the molecule is CCOC(=O)c1cccnc1SSc1ncccc1C(=O)OCC. The Kier molecular flexibility index (Phi) is 7.07. The van der Waals surface area contributed by atoms with Gasteiger partial charge in [-0.3, -0.25) is 0 Å². The normalized spacial score (nSPS) is 10.2. The zero-order valence-corrected chi connectivity index (χ0v) is 14.9. The summed E-state index contributed by atoms with van der Waals surface area (Å²) in [5, 5.41) is 1.00. The van der Waals surface area contributed by atoms with E-state index in [2.05, 4.69) is 9.97 Å². The molecule has 0 unspecified atom stereocenters. The number of rotatable bonds is 7. The summed E-state index contributed by atoms with van der Waals surface area (Å²) in [6, 6.07) is 6.65. The Bertz CT molecular complexity index is 663. The largest absolute Gasteiger partial charge is 0.462 e. The number of aromatic nitrogens is 2. The van der Waals surface area contributed by atoms with Crippen molar-refractivity contribution in [2.45, 2.75) is 23.9 Å². The zero-order chi connectivity index (χ0) is 17.4. The molecule has 2 heterocycles. The van der Waals surface area contributed by atoms with Crippen molar-refractivity contribution in [1.29, 1.82) is 0 Å². The molecule has 0 atom stereocenters. The summed E-state index contributed by atoms with van der Waals surface area (Å²) in [5.41, 5.74) is 0.760. The predicted molar refractivity (Wildman–Crippen MR) is 92.1 cm³/mol. The third-order valence-electron chi connectivity index (χ3n) is 2.73. The van der Waals surface area contributed by atoms with E-state index in [9.17, 15) is 9.59 Å². The molecule has 0 fully saturated rings. The summed E-state index contributed by atoms with van der Waals surface area (Å²) in [6.07, 6.45) is 3.19. The van der Waals surface area contributed by atoms with Crippen LogP contribution in [-0.2, 0) is 9.47 Å². The lowest BCUT2D eigenvalue weighted by Crippen LogP contribution is -2.07. The van der Waals surface area contributed by atoms with Crippen LogP contribution in [0.25, 0.3) is 0 Å². The molecule has 0 aliphatic heterocycles. The van der Waals surface area contributed by atoms with Crippen LogP contribution in [0, 0.1) is 0 Å².